The molecule has 0 bridgehead atoms. The van der Waals surface area contributed by atoms with E-state index in [2.05, 4.69) is 10.2 Å². The van der Waals surface area contributed by atoms with Crippen molar-refractivity contribution in [2.45, 2.75) is 57.0 Å². The number of carbonyl (C=O) groups is 2. The third kappa shape index (κ3) is 12.3. The van der Waals surface area contributed by atoms with E-state index in [-0.39, 0.29) is 56.1 Å². The molecule has 1 aliphatic rings. The molecule has 0 saturated heterocycles. The molecule has 1 amide bonds. The highest BCUT2D eigenvalue weighted by molar-refractivity contribution is 6.30. The molecule has 12 nitrogen and oxygen atoms in total. The number of ether oxygens (including phenoxy) is 2. The standard InChI is InChI=1S/C31H39ClN2O10/c32-22-9-7-10-24(16-22)42-20-23(35)14-15-26-25(27(36)17-28(26)37)11-3-1-2-4-13-30(38)33-18-31(39)44-29-12-6-5-8-21(29)19-43-34(40)41/h1,3,5-10,12,14-16,23,25-28,35-37,40-41H,2,4,11,13,17-20H2,(H,33,38)/b3-1-,15-14+/t23-,25-,26-,27+,28-/m1/s1. The molecule has 0 heterocycles. The van der Waals surface area contributed by atoms with E-state index in [0.717, 1.165) is 0 Å². The number of hydrogen-bond acceptors (Lipinski definition) is 11. The van der Waals surface area contributed by atoms with E-state index < -0.39 is 29.7 Å². The summed E-state index contributed by atoms with van der Waals surface area (Å²) in [5.41, 5.74) is 0.395. The second kappa shape index (κ2) is 18.5. The van der Waals surface area contributed by atoms with Gasteiger partial charge in [0.1, 0.15) is 37.4 Å². The number of benzene rings is 2. The molecule has 3 rings (SSSR count). The highest BCUT2D eigenvalue weighted by Crippen LogP contribution is 2.36. The van der Waals surface area contributed by atoms with Crippen LogP contribution in [0.3, 0.4) is 0 Å². The Morgan fingerprint density at radius 2 is 1.89 bits per heavy atom. The number of nitrogens with zero attached hydrogens (tertiary/aromatic N) is 1. The van der Waals surface area contributed by atoms with Crippen molar-refractivity contribution in [3.8, 4) is 11.5 Å². The molecule has 44 heavy (non-hydrogen) atoms. The number of esters is 1. The summed E-state index contributed by atoms with van der Waals surface area (Å²) < 4.78 is 10.8. The van der Waals surface area contributed by atoms with Gasteiger partial charge in [0, 0.05) is 29.3 Å². The van der Waals surface area contributed by atoms with E-state index in [4.69, 9.17) is 31.5 Å². The molecule has 240 valence electrons. The van der Waals surface area contributed by atoms with E-state index in [1.165, 1.54) is 6.07 Å². The van der Waals surface area contributed by atoms with Crippen LogP contribution in [0.1, 0.15) is 37.7 Å². The molecule has 13 heteroatoms. The smallest absolute Gasteiger partial charge is 0.330 e. The predicted octanol–water partition coefficient (Wildman–Crippen LogP) is 3.34. The lowest BCUT2D eigenvalue weighted by atomic mass is 9.89. The summed E-state index contributed by atoms with van der Waals surface area (Å²) in [6.45, 7) is -0.576. The zero-order valence-corrected chi connectivity index (χ0v) is 24.8. The highest BCUT2D eigenvalue weighted by Gasteiger charge is 2.39. The number of amides is 1. The van der Waals surface area contributed by atoms with Gasteiger partial charge in [0.15, 0.2) is 0 Å². The Kier molecular flexibility index (Phi) is 14.8. The van der Waals surface area contributed by atoms with Crippen molar-refractivity contribution in [1.29, 1.82) is 0 Å². The SMILES string of the molecule is O=C(CCC/C=C\C[C@@H]1[C@@H](/C=C/[C@@H](O)COc2cccc(Cl)c2)[C@H](O)C[C@@H]1O)NCC(=O)Oc1ccccc1CON(O)O. The first kappa shape index (κ1) is 35.2. The second-order valence-corrected chi connectivity index (χ2v) is 10.8. The molecule has 0 spiro atoms. The van der Waals surface area contributed by atoms with Crippen LogP contribution in [0.2, 0.25) is 5.02 Å². The number of para-hydroxylation sites is 1. The van der Waals surface area contributed by atoms with Crippen molar-refractivity contribution < 1.29 is 49.6 Å². The van der Waals surface area contributed by atoms with E-state index in [0.29, 0.717) is 35.6 Å². The van der Waals surface area contributed by atoms with E-state index in [9.17, 15) is 24.9 Å². The molecular formula is C31H39ClN2O10. The first-order valence-electron chi connectivity index (χ1n) is 14.2. The molecule has 0 radical (unpaired) electrons. The van der Waals surface area contributed by atoms with Crippen LogP contribution < -0.4 is 14.8 Å². The molecule has 0 unspecified atom stereocenters. The van der Waals surface area contributed by atoms with E-state index >= 15 is 0 Å². The molecule has 0 aromatic heterocycles. The molecule has 2 aromatic rings. The molecule has 2 aromatic carbocycles. The molecule has 1 aliphatic carbocycles. The maximum Gasteiger partial charge on any atom is 0.330 e. The first-order valence-corrected chi connectivity index (χ1v) is 14.6. The van der Waals surface area contributed by atoms with Crippen molar-refractivity contribution in [2.75, 3.05) is 13.2 Å². The van der Waals surface area contributed by atoms with Gasteiger partial charge in [0.2, 0.25) is 5.91 Å². The molecule has 0 aliphatic heterocycles. The Morgan fingerprint density at radius 1 is 1.09 bits per heavy atom. The molecular weight excluding hydrogens is 596 g/mol. The fraction of sp³-hybridized carbons (Fsp3) is 0.419. The van der Waals surface area contributed by atoms with Gasteiger partial charge in [0.05, 0.1) is 17.6 Å². The summed E-state index contributed by atoms with van der Waals surface area (Å²) >= 11 is 5.94. The van der Waals surface area contributed by atoms with E-state index in [1.54, 1.807) is 54.6 Å². The molecule has 1 saturated carbocycles. The van der Waals surface area contributed by atoms with Gasteiger partial charge in [-0.2, -0.15) is 0 Å². The van der Waals surface area contributed by atoms with Gasteiger partial charge in [-0.15, -0.1) is 0 Å². The molecule has 1 fully saturated rings. The lowest BCUT2D eigenvalue weighted by molar-refractivity contribution is -0.497. The van der Waals surface area contributed by atoms with Gasteiger partial charge >= 0.3 is 5.97 Å². The highest BCUT2D eigenvalue weighted by atomic mass is 35.5. The van der Waals surface area contributed by atoms with Gasteiger partial charge in [0.25, 0.3) is 0 Å². The third-order valence-electron chi connectivity index (χ3n) is 7.00. The topological polar surface area (TPSA) is 178 Å². The van der Waals surface area contributed by atoms with Crippen LogP contribution in [0.25, 0.3) is 0 Å². The number of aliphatic hydroxyl groups is 3. The number of unbranched alkanes of at least 4 members (excludes halogenated alkanes) is 1. The van der Waals surface area contributed by atoms with Crippen molar-refractivity contribution in [1.82, 2.24) is 10.7 Å². The average molecular weight is 635 g/mol. The van der Waals surface area contributed by atoms with Crippen LogP contribution >= 0.6 is 11.6 Å². The van der Waals surface area contributed by atoms with E-state index in [1.807, 2.05) is 12.2 Å². The van der Waals surface area contributed by atoms with Gasteiger partial charge < -0.3 is 30.1 Å². The number of allylic oxidation sites excluding steroid dienone is 2. The van der Waals surface area contributed by atoms with Crippen LogP contribution in [0.15, 0.2) is 72.8 Å². The number of halogens is 1. The number of carbonyl (C=O) groups excluding carboxylic acids is 2. The number of nitrogens with one attached hydrogen (secondary N) is 1. The van der Waals surface area contributed by atoms with Gasteiger partial charge in [-0.3, -0.25) is 15.2 Å². The molecule has 6 N–H and O–H groups in total. The number of aliphatic hydroxyl groups excluding tert-OH is 3. The lowest BCUT2D eigenvalue weighted by Crippen LogP contribution is -2.31. The van der Waals surface area contributed by atoms with Crippen LogP contribution in [-0.2, 0) is 21.0 Å². The summed E-state index contributed by atoms with van der Waals surface area (Å²) in [6, 6.07) is 13.2. The predicted molar refractivity (Wildman–Crippen MR) is 159 cm³/mol. The molecule has 5 atom stereocenters. The van der Waals surface area contributed by atoms with Gasteiger partial charge in [-0.25, -0.2) is 9.63 Å². The minimum Gasteiger partial charge on any atom is -0.491 e. The van der Waals surface area contributed by atoms with Crippen molar-refractivity contribution in [2.24, 2.45) is 11.8 Å². The maximum absolute atomic E-state index is 12.1. The summed E-state index contributed by atoms with van der Waals surface area (Å²) in [4.78, 5) is 28.8. The normalized spacial score (nSPS) is 20.8. The zero-order valence-electron chi connectivity index (χ0n) is 24.1. The summed E-state index contributed by atoms with van der Waals surface area (Å²) in [5, 5.41) is 51.2. The monoisotopic (exact) mass is 634 g/mol. The Bertz CT molecular complexity index is 1260. The van der Waals surface area contributed by atoms with Crippen molar-refractivity contribution in [3.05, 3.63) is 83.4 Å². The van der Waals surface area contributed by atoms with Crippen molar-refractivity contribution in [3.63, 3.8) is 0 Å². The first-order chi connectivity index (χ1) is 21.1. The zero-order chi connectivity index (χ0) is 31.9. The van der Waals surface area contributed by atoms with Gasteiger partial charge in [-0.05, 0) is 49.4 Å². The van der Waals surface area contributed by atoms with Crippen LogP contribution in [0.4, 0.5) is 0 Å². The Morgan fingerprint density at radius 3 is 2.66 bits per heavy atom. The summed E-state index contributed by atoms with van der Waals surface area (Å²) in [5.74, 6) is -0.877. The van der Waals surface area contributed by atoms with Crippen LogP contribution in [0, 0.1) is 11.8 Å². The Hall–Kier alpha value is -3.33. The van der Waals surface area contributed by atoms with Crippen molar-refractivity contribution >= 4 is 23.5 Å². The Balaban J connectivity index is 1.34. The van der Waals surface area contributed by atoms with Crippen LogP contribution in [0.5, 0.6) is 11.5 Å². The maximum atomic E-state index is 12.1. The minimum atomic E-state index is -0.904. The Labute approximate surface area is 260 Å². The third-order valence-corrected chi connectivity index (χ3v) is 7.23. The largest absolute Gasteiger partial charge is 0.491 e. The fourth-order valence-electron chi connectivity index (χ4n) is 4.78. The minimum absolute atomic E-state index is 0.0146. The lowest BCUT2D eigenvalue weighted by Gasteiger charge is -2.19. The van der Waals surface area contributed by atoms with Crippen LogP contribution in [-0.4, -0.2) is 74.5 Å². The second-order valence-electron chi connectivity index (χ2n) is 10.3. The summed E-state index contributed by atoms with van der Waals surface area (Å²) in [6.07, 6.45) is 6.88. The average Bonchev–Trinajstić information content (AvgIpc) is 3.26. The number of hydrogen-bond donors (Lipinski definition) is 6. The summed E-state index contributed by atoms with van der Waals surface area (Å²) in [7, 11) is 0. The fourth-order valence-corrected chi connectivity index (χ4v) is 4.96. The quantitative estimate of drug-likeness (QED) is 0.0494. The number of rotatable bonds is 17. The van der Waals surface area contributed by atoms with Gasteiger partial charge in [-0.1, -0.05) is 60.2 Å².